The van der Waals surface area contributed by atoms with E-state index in [9.17, 15) is 9.59 Å². The van der Waals surface area contributed by atoms with Gasteiger partial charge >= 0.3 is 0 Å². The standard InChI is InChI=1S/C8H11N3O2/c1-11-4-6(12)9-8(11)10-7(13)5-2-3-5/h5H,2-4H2,1H3,(H,9,10,12,13). The molecule has 0 atom stereocenters. The fraction of sp³-hybridized carbons (Fsp3) is 0.625. The van der Waals surface area contributed by atoms with Crippen LogP contribution in [-0.4, -0.2) is 36.3 Å². The van der Waals surface area contributed by atoms with E-state index in [-0.39, 0.29) is 24.3 Å². The van der Waals surface area contributed by atoms with Crippen LogP contribution in [0.4, 0.5) is 0 Å². The van der Waals surface area contributed by atoms with Gasteiger partial charge in [0.15, 0.2) is 0 Å². The van der Waals surface area contributed by atoms with Gasteiger partial charge in [-0.2, -0.15) is 4.99 Å². The van der Waals surface area contributed by atoms with Crippen LogP contribution in [0.15, 0.2) is 4.99 Å². The van der Waals surface area contributed by atoms with Crippen molar-refractivity contribution < 1.29 is 9.59 Å². The first-order chi connectivity index (χ1) is 6.16. The molecule has 5 heteroatoms. The summed E-state index contributed by atoms with van der Waals surface area (Å²) in [5, 5.41) is 2.53. The number of hydrogen-bond donors (Lipinski definition) is 1. The maximum absolute atomic E-state index is 11.2. The second-order valence-corrected chi connectivity index (χ2v) is 3.45. The first-order valence-corrected chi connectivity index (χ1v) is 4.30. The molecule has 0 aromatic rings. The maximum atomic E-state index is 11.2. The molecule has 1 saturated heterocycles. The van der Waals surface area contributed by atoms with Crippen LogP contribution < -0.4 is 5.32 Å². The summed E-state index contributed by atoms with van der Waals surface area (Å²) in [6.07, 6.45) is 1.88. The van der Waals surface area contributed by atoms with Gasteiger partial charge < -0.3 is 4.90 Å². The molecule has 2 rings (SSSR count). The van der Waals surface area contributed by atoms with Gasteiger partial charge in [0.2, 0.25) is 11.9 Å². The number of aliphatic imine (C=N–C) groups is 1. The molecular weight excluding hydrogens is 170 g/mol. The van der Waals surface area contributed by atoms with E-state index in [0.717, 1.165) is 12.8 Å². The lowest BCUT2D eigenvalue weighted by atomic mass is 10.4. The molecule has 1 N–H and O–H groups in total. The number of nitrogens with zero attached hydrogens (tertiary/aromatic N) is 2. The van der Waals surface area contributed by atoms with Crippen molar-refractivity contribution in [1.82, 2.24) is 10.2 Å². The Bertz CT molecular complexity index is 294. The maximum Gasteiger partial charge on any atom is 0.251 e. The van der Waals surface area contributed by atoms with Crippen LogP contribution in [0.1, 0.15) is 12.8 Å². The average molecular weight is 181 g/mol. The largest absolute Gasteiger partial charge is 0.336 e. The summed E-state index contributed by atoms with van der Waals surface area (Å²) < 4.78 is 0. The van der Waals surface area contributed by atoms with E-state index in [1.165, 1.54) is 0 Å². The first kappa shape index (κ1) is 8.22. The van der Waals surface area contributed by atoms with Crippen LogP contribution in [0, 0.1) is 5.92 Å². The van der Waals surface area contributed by atoms with Gasteiger partial charge in [-0.25, -0.2) is 0 Å². The van der Waals surface area contributed by atoms with Crippen molar-refractivity contribution in [3.05, 3.63) is 0 Å². The Morgan fingerprint density at radius 3 is 2.77 bits per heavy atom. The zero-order valence-corrected chi connectivity index (χ0v) is 7.41. The fourth-order valence-corrected chi connectivity index (χ4v) is 1.19. The van der Waals surface area contributed by atoms with Gasteiger partial charge in [0.1, 0.15) is 0 Å². The van der Waals surface area contributed by atoms with E-state index < -0.39 is 0 Å². The third-order valence-electron chi connectivity index (χ3n) is 2.14. The number of nitrogens with one attached hydrogen (secondary N) is 1. The Hall–Kier alpha value is -1.39. The minimum atomic E-state index is -0.107. The fourth-order valence-electron chi connectivity index (χ4n) is 1.19. The third-order valence-corrected chi connectivity index (χ3v) is 2.14. The van der Waals surface area contributed by atoms with Crippen LogP contribution in [-0.2, 0) is 9.59 Å². The second kappa shape index (κ2) is 2.83. The highest BCUT2D eigenvalue weighted by Crippen LogP contribution is 2.30. The summed E-state index contributed by atoms with van der Waals surface area (Å²) in [6, 6.07) is 0. The normalized spacial score (nSPS) is 25.2. The van der Waals surface area contributed by atoms with Crippen molar-refractivity contribution in [1.29, 1.82) is 0 Å². The smallest absolute Gasteiger partial charge is 0.251 e. The minimum Gasteiger partial charge on any atom is -0.336 e. The predicted octanol–water partition coefficient (Wildman–Crippen LogP) is -0.659. The van der Waals surface area contributed by atoms with Crippen molar-refractivity contribution in [3.8, 4) is 0 Å². The lowest BCUT2D eigenvalue weighted by molar-refractivity contribution is -0.119. The monoisotopic (exact) mass is 181 g/mol. The Labute approximate surface area is 75.8 Å². The van der Waals surface area contributed by atoms with Gasteiger partial charge in [-0.05, 0) is 12.8 Å². The summed E-state index contributed by atoms with van der Waals surface area (Å²) in [5.41, 5.74) is 0. The molecule has 0 aromatic heterocycles. The molecule has 70 valence electrons. The highest BCUT2D eigenvalue weighted by atomic mass is 16.2. The molecule has 1 aliphatic carbocycles. The van der Waals surface area contributed by atoms with Gasteiger partial charge in [-0.15, -0.1) is 0 Å². The molecular formula is C8H11N3O2. The Kier molecular flexibility index (Phi) is 1.79. The molecule has 1 heterocycles. The van der Waals surface area contributed by atoms with Gasteiger partial charge in [-0.3, -0.25) is 14.9 Å². The molecule has 1 saturated carbocycles. The Morgan fingerprint density at radius 2 is 2.31 bits per heavy atom. The Morgan fingerprint density at radius 1 is 1.62 bits per heavy atom. The number of carbonyl (C=O) groups excluding carboxylic acids is 2. The number of carbonyl (C=O) groups is 2. The Balaban J connectivity index is 2.06. The highest BCUT2D eigenvalue weighted by Gasteiger charge is 2.31. The van der Waals surface area contributed by atoms with E-state index in [0.29, 0.717) is 5.96 Å². The lowest BCUT2D eigenvalue weighted by Gasteiger charge is -2.06. The van der Waals surface area contributed by atoms with Gasteiger partial charge in [0.25, 0.3) is 5.91 Å². The number of likely N-dealkylation sites (N-methyl/N-ethyl adjacent to an activating group) is 1. The highest BCUT2D eigenvalue weighted by molar-refractivity contribution is 6.08. The molecule has 2 amide bonds. The summed E-state index contributed by atoms with van der Waals surface area (Å²) in [6.45, 7) is 0.288. The summed E-state index contributed by atoms with van der Waals surface area (Å²) in [4.78, 5) is 27.6. The first-order valence-electron chi connectivity index (χ1n) is 4.30. The van der Waals surface area contributed by atoms with Crippen LogP contribution in [0.5, 0.6) is 0 Å². The second-order valence-electron chi connectivity index (χ2n) is 3.45. The summed E-state index contributed by atoms with van der Waals surface area (Å²) in [5.74, 6) is 0.286. The predicted molar refractivity (Wildman–Crippen MR) is 45.9 cm³/mol. The zero-order chi connectivity index (χ0) is 9.42. The van der Waals surface area contributed by atoms with Crippen molar-refractivity contribution >= 4 is 17.8 Å². The summed E-state index contributed by atoms with van der Waals surface area (Å²) in [7, 11) is 1.73. The van der Waals surface area contributed by atoms with Crippen molar-refractivity contribution in [2.45, 2.75) is 12.8 Å². The molecule has 2 fully saturated rings. The van der Waals surface area contributed by atoms with Crippen LogP contribution >= 0.6 is 0 Å². The molecule has 0 unspecified atom stereocenters. The van der Waals surface area contributed by atoms with Gasteiger partial charge in [0, 0.05) is 13.0 Å². The summed E-state index contributed by atoms with van der Waals surface area (Å²) >= 11 is 0. The lowest BCUT2D eigenvalue weighted by Crippen LogP contribution is -2.28. The van der Waals surface area contributed by atoms with Crippen LogP contribution in [0.3, 0.4) is 0 Å². The number of rotatable bonds is 1. The van der Waals surface area contributed by atoms with E-state index in [1.54, 1.807) is 11.9 Å². The van der Waals surface area contributed by atoms with Crippen LogP contribution in [0.2, 0.25) is 0 Å². The molecule has 0 radical (unpaired) electrons. The van der Waals surface area contributed by atoms with E-state index in [1.807, 2.05) is 0 Å². The third kappa shape index (κ3) is 1.68. The number of hydrogen-bond acceptors (Lipinski definition) is 2. The van der Waals surface area contributed by atoms with Crippen molar-refractivity contribution in [3.63, 3.8) is 0 Å². The van der Waals surface area contributed by atoms with Crippen LogP contribution in [0.25, 0.3) is 0 Å². The molecule has 2 aliphatic rings. The van der Waals surface area contributed by atoms with E-state index in [2.05, 4.69) is 10.3 Å². The van der Waals surface area contributed by atoms with Gasteiger partial charge in [0.05, 0.1) is 6.54 Å². The molecule has 13 heavy (non-hydrogen) atoms. The molecule has 0 bridgehead atoms. The quantitative estimate of drug-likeness (QED) is 0.584. The molecule has 0 spiro atoms. The minimum absolute atomic E-state index is 0.107. The van der Waals surface area contributed by atoms with Crippen molar-refractivity contribution in [2.75, 3.05) is 13.6 Å². The van der Waals surface area contributed by atoms with E-state index >= 15 is 0 Å². The van der Waals surface area contributed by atoms with Gasteiger partial charge in [-0.1, -0.05) is 0 Å². The molecule has 5 nitrogen and oxygen atoms in total. The number of guanidine groups is 1. The van der Waals surface area contributed by atoms with Crippen molar-refractivity contribution in [2.24, 2.45) is 10.9 Å². The SMILES string of the molecule is CN1CC(=O)NC1=NC(=O)C1CC1. The molecule has 0 aromatic carbocycles. The molecule has 1 aliphatic heterocycles. The topological polar surface area (TPSA) is 61.8 Å². The van der Waals surface area contributed by atoms with E-state index in [4.69, 9.17) is 0 Å². The zero-order valence-electron chi connectivity index (χ0n) is 7.41. The number of amides is 2. The average Bonchev–Trinajstić information content (AvgIpc) is 2.81.